The summed E-state index contributed by atoms with van der Waals surface area (Å²) in [6.45, 7) is 2.60. The van der Waals surface area contributed by atoms with Crippen molar-refractivity contribution >= 4 is 5.91 Å². The summed E-state index contributed by atoms with van der Waals surface area (Å²) in [6.07, 6.45) is 3.02. The molecule has 1 aromatic carbocycles. The number of carbonyl (C=O) groups is 1. The maximum absolute atomic E-state index is 12.4. The number of hydrogen-bond acceptors (Lipinski definition) is 4. The molecule has 2 heterocycles. The number of amides is 1. The third-order valence-electron chi connectivity index (χ3n) is 4.98. The van der Waals surface area contributed by atoms with Gasteiger partial charge in [0.25, 0.3) is 0 Å². The molecule has 0 aliphatic carbocycles. The molecule has 1 aliphatic rings. The van der Waals surface area contributed by atoms with Crippen LogP contribution in [-0.4, -0.2) is 47.5 Å². The average Bonchev–Trinajstić information content (AvgIpc) is 3.15. The number of rotatable bonds is 6. The van der Waals surface area contributed by atoms with Crippen LogP contribution in [0.5, 0.6) is 0 Å². The molecule has 0 spiro atoms. The summed E-state index contributed by atoms with van der Waals surface area (Å²) in [5, 5.41) is 10.5. The van der Waals surface area contributed by atoms with Crippen molar-refractivity contribution in [1.29, 1.82) is 0 Å². The van der Waals surface area contributed by atoms with Crippen LogP contribution in [0.2, 0.25) is 0 Å². The first-order valence-corrected chi connectivity index (χ1v) is 8.85. The summed E-state index contributed by atoms with van der Waals surface area (Å²) in [4.78, 5) is 16.2. The number of hydrogen-bond donors (Lipinski definition) is 1. The third-order valence-corrected chi connectivity index (χ3v) is 4.98. The first kappa shape index (κ1) is 17.7. The van der Waals surface area contributed by atoms with Gasteiger partial charge in [-0.2, -0.15) is 0 Å². The minimum Gasteiger partial charge on any atom is -0.467 e. The molecule has 1 aromatic heterocycles. The minimum atomic E-state index is -0.416. The highest BCUT2D eigenvalue weighted by molar-refractivity contribution is 5.77. The van der Waals surface area contributed by atoms with Crippen LogP contribution >= 0.6 is 0 Å². The number of nitrogens with zero attached hydrogens (tertiary/aromatic N) is 2. The second-order valence-corrected chi connectivity index (χ2v) is 6.80. The van der Waals surface area contributed by atoms with E-state index in [0.717, 1.165) is 37.3 Å². The molecule has 134 valence electrons. The zero-order chi connectivity index (χ0) is 17.6. The van der Waals surface area contributed by atoms with E-state index in [1.165, 1.54) is 0 Å². The van der Waals surface area contributed by atoms with Crippen molar-refractivity contribution in [1.82, 2.24) is 9.80 Å². The first-order valence-electron chi connectivity index (χ1n) is 8.85. The molecular weight excluding hydrogens is 316 g/mol. The quantitative estimate of drug-likeness (QED) is 0.877. The van der Waals surface area contributed by atoms with Gasteiger partial charge in [0.1, 0.15) is 5.76 Å². The van der Waals surface area contributed by atoms with Gasteiger partial charge >= 0.3 is 0 Å². The van der Waals surface area contributed by atoms with Crippen molar-refractivity contribution in [2.45, 2.75) is 25.5 Å². The maximum atomic E-state index is 12.4. The van der Waals surface area contributed by atoms with Crippen LogP contribution in [0.15, 0.2) is 53.1 Å². The minimum absolute atomic E-state index is 0.0958. The predicted molar refractivity (Wildman–Crippen MR) is 95.7 cm³/mol. The fourth-order valence-corrected chi connectivity index (χ4v) is 3.39. The molecular formula is C20H26N2O3. The predicted octanol–water partition coefficient (Wildman–Crippen LogP) is 2.68. The van der Waals surface area contributed by atoms with E-state index in [1.807, 2.05) is 42.5 Å². The molecule has 2 aromatic rings. The van der Waals surface area contributed by atoms with E-state index in [0.29, 0.717) is 13.1 Å². The molecule has 1 unspecified atom stereocenters. The molecule has 3 rings (SSSR count). The Labute approximate surface area is 148 Å². The van der Waals surface area contributed by atoms with Gasteiger partial charge < -0.3 is 14.4 Å². The summed E-state index contributed by atoms with van der Waals surface area (Å²) < 4.78 is 5.29. The lowest BCUT2D eigenvalue weighted by Gasteiger charge is -2.34. The lowest BCUT2D eigenvalue weighted by atomic mass is 9.87. The number of likely N-dealkylation sites (N-methyl/N-ethyl adjacent to an activating group) is 1. The zero-order valence-electron chi connectivity index (χ0n) is 14.7. The molecule has 1 atom stereocenters. The summed E-state index contributed by atoms with van der Waals surface area (Å²) in [5.74, 6) is 1.15. The van der Waals surface area contributed by atoms with Crippen LogP contribution in [-0.2, 0) is 11.3 Å². The number of likely N-dealkylation sites (tertiary alicyclic amines) is 1. The van der Waals surface area contributed by atoms with Gasteiger partial charge in [-0.15, -0.1) is 0 Å². The zero-order valence-corrected chi connectivity index (χ0v) is 14.7. The Morgan fingerprint density at radius 1 is 1.24 bits per heavy atom. The molecule has 0 bridgehead atoms. The highest BCUT2D eigenvalue weighted by Crippen LogP contribution is 2.30. The highest BCUT2D eigenvalue weighted by atomic mass is 16.3. The Morgan fingerprint density at radius 3 is 2.60 bits per heavy atom. The standard InChI is InChI=1S/C20H26N2O3/c1-21(14-18-8-5-13-25-18)19(23)15-22-11-9-17(10-12-22)20(24)16-6-3-2-4-7-16/h2-8,13,17,20,24H,9-12,14-15H2,1H3. The molecule has 1 saturated heterocycles. The summed E-state index contributed by atoms with van der Waals surface area (Å²) in [5.41, 5.74) is 0.982. The summed E-state index contributed by atoms with van der Waals surface area (Å²) in [6, 6.07) is 13.5. The van der Waals surface area contributed by atoms with Crippen LogP contribution in [0.3, 0.4) is 0 Å². The smallest absolute Gasteiger partial charge is 0.236 e. The van der Waals surface area contributed by atoms with E-state index in [9.17, 15) is 9.90 Å². The van der Waals surface area contributed by atoms with Crippen molar-refractivity contribution in [2.24, 2.45) is 5.92 Å². The van der Waals surface area contributed by atoms with Crippen LogP contribution < -0.4 is 0 Å². The fraction of sp³-hybridized carbons (Fsp3) is 0.450. The molecule has 25 heavy (non-hydrogen) atoms. The molecule has 0 radical (unpaired) electrons. The van der Waals surface area contributed by atoms with Gasteiger partial charge in [0.15, 0.2) is 0 Å². The van der Waals surface area contributed by atoms with Gasteiger partial charge in [-0.3, -0.25) is 9.69 Å². The Bertz CT molecular complexity index is 649. The van der Waals surface area contributed by atoms with E-state index < -0.39 is 6.10 Å². The maximum Gasteiger partial charge on any atom is 0.236 e. The van der Waals surface area contributed by atoms with Gasteiger partial charge in [-0.25, -0.2) is 0 Å². The van der Waals surface area contributed by atoms with Crippen LogP contribution in [0.1, 0.15) is 30.3 Å². The Kier molecular flexibility index (Phi) is 5.89. The van der Waals surface area contributed by atoms with Crippen LogP contribution in [0.25, 0.3) is 0 Å². The lowest BCUT2D eigenvalue weighted by Crippen LogP contribution is -2.42. The van der Waals surface area contributed by atoms with E-state index >= 15 is 0 Å². The largest absolute Gasteiger partial charge is 0.467 e. The fourth-order valence-electron chi connectivity index (χ4n) is 3.39. The molecule has 5 nitrogen and oxygen atoms in total. The van der Waals surface area contributed by atoms with Crippen LogP contribution in [0.4, 0.5) is 0 Å². The molecule has 1 N–H and O–H groups in total. The Balaban J connectivity index is 1.45. The van der Waals surface area contributed by atoms with Crippen molar-refractivity contribution in [2.75, 3.05) is 26.7 Å². The summed E-state index contributed by atoms with van der Waals surface area (Å²) >= 11 is 0. The van der Waals surface area contributed by atoms with Crippen molar-refractivity contribution in [3.05, 3.63) is 60.1 Å². The number of piperidine rings is 1. The lowest BCUT2D eigenvalue weighted by molar-refractivity contribution is -0.132. The second-order valence-electron chi connectivity index (χ2n) is 6.80. The van der Waals surface area contributed by atoms with E-state index in [-0.39, 0.29) is 11.8 Å². The van der Waals surface area contributed by atoms with E-state index in [2.05, 4.69) is 4.90 Å². The first-order chi connectivity index (χ1) is 12.1. The second kappa shape index (κ2) is 8.32. The Hall–Kier alpha value is -2.11. The number of benzene rings is 1. The average molecular weight is 342 g/mol. The van der Waals surface area contributed by atoms with Crippen molar-refractivity contribution in [3.63, 3.8) is 0 Å². The van der Waals surface area contributed by atoms with Gasteiger partial charge in [-0.1, -0.05) is 30.3 Å². The number of furan rings is 1. The van der Waals surface area contributed by atoms with Crippen LogP contribution in [0, 0.1) is 5.92 Å². The SMILES string of the molecule is CN(Cc1ccco1)C(=O)CN1CCC(C(O)c2ccccc2)CC1. The number of aliphatic hydroxyl groups is 1. The molecule has 1 amide bonds. The van der Waals surface area contributed by atoms with Gasteiger partial charge in [-0.05, 0) is 49.5 Å². The normalized spacial score (nSPS) is 17.4. The molecule has 1 fully saturated rings. The number of carbonyl (C=O) groups excluding carboxylic acids is 1. The monoisotopic (exact) mass is 342 g/mol. The van der Waals surface area contributed by atoms with E-state index in [4.69, 9.17) is 4.42 Å². The highest BCUT2D eigenvalue weighted by Gasteiger charge is 2.27. The molecule has 5 heteroatoms. The van der Waals surface area contributed by atoms with Gasteiger partial charge in [0, 0.05) is 7.05 Å². The topological polar surface area (TPSA) is 56.9 Å². The van der Waals surface area contributed by atoms with E-state index in [1.54, 1.807) is 18.2 Å². The van der Waals surface area contributed by atoms with Crippen molar-refractivity contribution in [3.8, 4) is 0 Å². The number of aliphatic hydroxyl groups excluding tert-OH is 1. The van der Waals surface area contributed by atoms with Gasteiger partial charge in [0.05, 0.1) is 25.5 Å². The van der Waals surface area contributed by atoms with Gasteiger partial charge in [0.2, 0.25) is 5.91 Å². The molecule has 1 aliphatic heterocycles. The molecule has 0 saturated carbocycles. The summed E-state index contributed by atoms with van der Waals surface area (Å²) in [7, 11) is 1.80. The van der Waals surface area contributed by atoms with Crippen molar-refractivity contribution < 1.29 is 14.3 Å². The third kappa shape index (κ3) is 4.71. The Morgan fingerprint density at radius 2 is 1.96 bits per heavy atom.